The van der Waals surface area contributed by atoms with Crippen LogP contribution in [-0.4, -0.2) is 32.1 Å². The van der Waals surface area contributed by atoms with Crippen LogP contribution in [0.15, 0.2) is 65.7 Å². The molecule has 1 amide bonds. The van der Waals surface area contributed by atoms with Gasteiger partial charge in [-0.15, -0.1) is 0 Å². The summed E-state index contributed by atoms with van der Waals surface area (Å²) in [6, 6.07) is 11.9. The van der Waals surface area contributed by atoms with Crippen molar-refractivity contribution in [1.82, 2.24) is 10.3 Å². The molecule has 1 heterocycles. The van der Waals surface area contributed by atoms with E-state index in [0.29, 0.717) is 0 Å². The van der Waals surface area contributed by atoms with E-state index < -0.39 is 34.5 Å². The second-order valence-electron chi connectivity index (χ2n) is 7.15. The van der Waals surface area contributed by atoms with E-state index in [1.807, 2.05) is 0 Å². The fraction of sp³-hybridized carbons (Fsp3) is 0.182. The highest BCUT2D eigenvalue weighted by Gasteiger charge is 2.29. The van der Waals surface area contributed by atoms with Gasteiger partial charge in [0.15, 0.2) is 6.61 Å². The number of sulfonamides is 1. The third-order valence-corrected chi connectivity index (χ3v) is 5.87. The zero-order valence-electron chi connectivity index (χ0n) is 17.7. The average Bonchev–Trinajstić information content (AvgIpc) is 2.77. The smallest absolute Gasteiger partial charge is 0.422 e. The number of aromatic nitrogens is 1. The maximum Gasteiger partial charge on any atom is 0.422 e. The lowest BCUT2D eigenvalue weighted by Crippen LogP contribution is -2.24. The Morgan fingerprint density at radius 1 is 1.09 bits per heavy atom. The average molecular weight is 497 g/mol. The Morgan fingerprint density at radius 3 is 2.56 bits per heavy atom. The standard InChI is InChI=1S/C22H19F4N3O4S/c1-14-7-8-18(11-19(14)23)34(31,32)29-17-6-2-4-15(10-17)20(30)28-12-16-5-3-9-27-21(16)33-13-22(24,25)26/h2-11,29H,12-13H2,1H3,(H,28,30). The van der Waals surface area contributed by atoms with Crippen LogP contribution in [0.2, 0.25) is 0 Å². The van der Waals surface area contributed by atoms with Gasteiger partial charge in [-0.2, -0.15) is 13.2 Å². The molecule has 3 rings (SSSR count). The highest BCUT2D eigenvalue weighted by Crippen LogP contribution is 2.21. The molecule has 2 aromatic carbocycles. The quantitative estimate of drug-likeness (QED) is 0.455. The van der Waals surface area contributed by atoms with Gasteiger partial charge >= 0.3 is 6.18 Å². The van der Waals surface area contributed by atoms with E-state index in [1.54, 1.807) is 0 Å². The lowest BCUT2D eigenvalue weighted by Gasteiger charge is -2.13. The molecule has 0 aliphatic rings. The largest absolute Gasteiger partial charge is 0.468 e. The lowest BCUT2D eigenvalue weighted by molar-refractivity contribution is -0.154. The molecular weight excluding hydrogens is 478 g/mol. The Kier molecular flexibility index (Phi) is 7.40. The first-order chi connectivity index (χ1) is 15.9. The fourth-order valence-electron chi connectivity index (χ4n) is 2.80. The summed E-state index contributed by atoms with van der Waals surface area (Å²) in [5, 5.41) is 2.52. The molecular formula is C22H19F4N3O4S. The monoisotopic (exact) mass is 497 g/mol. The number of carbonyl (C=O) groups excluding carboxylic acids is 1. The molecule has 0 bridgehead atoms. The zero-order chi connectivity index (χ0) is 24.9. The first-order valence-corrected chi connectivity index (χ1v) is 11.2. The summed E-state index contributed by atoms with van der Waals surface area (Å²) in [5.74, 6) is -1.56. The number of amides is 1. The summed E-state index contributed by atoms with van der Waals surface area (Å²) < 4.78 is 83.1. The topological polar surface area (TPSA) is 97.4 Å². The molecule has 2 N–H and O–H groups in total. The van der Waals surface area contributed by atoms with Gasteiger partial charge in [0.25, 0.3) is 15.9 Å². The van der Waals surface area contributed by atoms with E-state index in [1.165, 1.54) is 61.7 Å². The fourth-order valence-corrected chi connectivity index (χ4v) is 3.86. The molecule has 0 radical (unpaired) electrons. The van der Waals surface area contributed by atoms with Crippen LogP contribution >= 0.6 is 0 Å². The minimum absolute atomic E-state index is 0.0595. The van der Waals surface area contributed by atoms with Crippen LogP contribution in [0.5, 0.6) is 5.88 Å². The predicted molar refractivity (Wildman–Crippen MR) is 115 cm³/mol. The number of aryl methyl sites for hydroxylation is 1. The highest BCUT2D eigenvalue weighted by atomic mass is 32.2. The second kappa shape index (κ2) is 10.1. The van der Waals surface area contributed by atoms with Crippen molar-refractivity contribution in [2.45, 2.75) is 24.5 Å². The van der Waals surface area contributed by atoms with Gasteiger partial charge in [0.05, 0.1) is 4.90 Å². The van der Waals surface area contributed by atoms with Crippen molar-refractivity contribution >= 4 is 21.6 Å². The number of pyridine rings is 1. The van der Waals surface area contributed by atoms with Crippen LogP contribution in [0.1, 0.15) is 21.5 Å². The number of carbonyl (C=O) groups is 1. The van der Waals surface area contributed by atoms with Crippen molar-refractivity contribution in [3.63, 3.8) is 0 Å². The molecule has 0 fully saturated rings. The third kappa shape index (κ3) is 6.67. The third-order valence-electron chi connectivity index (χ3n) is 4.49. The minimum atomic E-state index is -4.55. The van der Waals surface area contributed by atoms with Crippen molar-refractivity contribution < 1.29 is 35.5 Å². The van der Waals surface area contributed by atoms with E-state index in [9.17, 15) is 30.8 Å². The summed E-state index contributed by atoms with van der Waals surface area (Å²) >= 11 is 0. The van der Waals surface area contributed by atoms with E-state index in [-0.39, 0.29) is 39.7 Å². The molecule has 0 unspecified atom stereocenters. The second-order valence-corrected chi connectivity index (χ2v) is 8.83. The Morgan fingerprint density at radius 2 is 1.85 bits per heavy atom. The van der Waals surface area contributed by atoms with Gasteiger partial charge in [-0.25, -0.2) is 17.8 Å². The molecule has 0 aliphatic heterocycles. The van der Waals surface area contributed by atoms with Crippen LogP contribution in [0, 0.1) is 12.7 Å². The normalized spacial score (nSPS) is 11.7. The maximum atomic E-state index is 13.8. The van der Waals surface area contributed by atoms with Gasteiger partial charge in [0.2, 0.25) is 5.88 Å². The number of nitrogens with zero attached hydrogens (tertiary/aromatic N) is 1. The number of alkyl halides is 3. The highest BCUT2D eigenvalue weighted by molar-refractivity contribution is 7.92. The summed E-state index contributed by atoms with van der Waals surface area (Å²) in [6.45, 7) is -0.214. The number of ether oxygens (including phenoxy) is 1. The number of anilines is 1. The van der Waals surface area contributed by atoms with Crippen molar-refractivity contribution in [1.29, 1.82) is 0 Å². The first kappa shape index (κ1) is 25.0. The molecule has 3 aromatic rings. The lowest BCUT2D eigenvalue weighted by atomic mass is 10.2. The van der Waals surface area contributed by atoms with Gasteiger partial charge in [-0.05, 0) is 48.9 Å². The number of rotatable bonds is 8. The molecule has 0 atom stereocenters. The summed E-state index contributed by atoms with van der Waals surface area (Å²) in [4.78, 5) is 16.0. The van der Waals surface area contributed by atoms with Crippen LogP contribution in [-0.2, 0) is 16.6 Å². The number of benzene rings is 2. The number of hydrogen-bond acceptors (Lipinski definition) is 5. The SMILES string of the molecule is Cc1ccc(S(=O)(=O)Nc2cccc(C(=O)NCc3cccnc3OCC(F)(F)F)c2)cc1F. The van der Waals surface area contributed by atoms with Crippen LogP contribution in [0.3, 0.4) is 0 Å². The molecule has 1 aromatic heterocycles. The zero-order valence-corrected chi connectivity index (χ0v) is 18.5. The van der Waals surface area contributed by atoms with Crippen LogP contribution in [0.25, 0.3) is 0 Å². The van der Waals surface area contributed by atoms with Gasteiger partial charge in [0, 0.05) is 29.6 Å². The van der Waals surface area contributed by atoms with Crippen LogP contribution < -0.4 is 14.8 Å². The van der Waals surface area contributed by atoms with E-state index in [0.717, 1.165) is 6.07 Å². The van der Waals surface area contributed by atoms with E-state index >= 15 is 0 Å². The Balaban J connectivity index is 1.69. The minimum Gasteiger partial charge on any atom is -0.468 e. The Bertz CT molecular complexity index is 1300. The van der Waals surface area contributed by atoms with Crippen molar-refractivity contribution in [3.8, 4) is 5.88 Å². The Hall–Kier alpha value is -3.67. The molecule has 34 heavy (non-hydrogen) atoms. The molecule has 0 spiro atoms. The summed E-state index contributed by atoms with van der Waals surface area (Å²) in [6.07, 6.45) is -3.29. The predicted octanol–water partition coefficient (Wildman–Crippen LogP) is 4.20. The summed E-state index contributed by atoms with van der Waals surface area (Å²) in [5.41, 5.74) is 0.651. The van der Waals surface area contributed by atoms with Crippen LogP contribution in [0.4, 0.5) is 23.2 Å². The van der Waals surface area contributed by atoms with Crippen molar-refractivity contribution in [2.75, 3.05) is 11.3 Å². The first-order valence-electron chi connectivity index (χ1n) is 9.75. The molecule has 180 valence electrons. The molecule has 7 nitrogen and oxygen atoms in total. The van der Waals surface area contributed by atoms with Crippen molar-refractivity contribution in [3.05, 3.63) is 83.3 Å². The molecule has 12 heteroatoms. The summed E-state index contributed by atoms with van der Waals surface area (Å²) in [7, 11) is -4.11. The van der Waals surface area contributed by atoms with Crippen molar-refractivity contribution in [2.24, 2.45) is 0 Å². The van der Waals surface area contributed by atoms with Gasteiger partial charge in [-0.3, -0.25) is 9.52 Å². The number of hydrogen-bond donors (Lipinski definition) is 2. The van der Waals surface area contributed by atoms with E-state index in [2.05, 4.69) is 19.8 Å². The molecule has 0 saturated heterocycles. The van der Waals surface area contributed by atoms with Gasteiger partial charge in [0.1, 0.15) is 5.82 Å². The molecule has 0 aliphatic carbocycles. The van der Waals surface area contributed by atoms with Gasteiger partial charge in [-0.1, -0.05) is 18.2 Å². The van der Waals surface area contributed by atoms with E-state index in [4.69, 9.17) is 0 Å². The molecule has 0 saturated carbocycles. The van der Waals surface area contributed by atoms with Gasteiger partial charge < -0.3 is 10.1 Å². The maximum absolute atomic E-state index is 13.8. The number of nitrogens with one attached hydrogen (secondary N) is 2. The number of halogens is 4. The Labute approximate surface area is 192 Å².